The molecule has 0 saturated carbocycles. The summed E-state index contributed by atoms with van der Waals surface area (Å²) in [7, 11) is -0.562. The molecule has 0 fully saturated rings. The quantitative estimate of drug-likeness (QED) is 0.297. The summed E-state index contributed by atoms with van der Waals surface area (Å²) in [5.41, 5.74) is 7.34. The van der Waals surface area contributed by atoms with Gasteiger partial charge in [-0.15, -0.1) is 0 Å². The lowest BCUT2D eigenvalue weighted by molar-refractivity contribution is -0.117. The second kappa shape index (κ2) is 11.1. The number of carbonyl (C=O) groups excluding carboxylic acids is 1. The van der Waals surface area contributed by atoms with Gasteiger partial charge in [0, 0.05) is 12.5 Å². The molecule has 186 valence electrons. The number of hydrogen-bond donors (Lipinski definition) is 4. The normalized spacial score (nSPS) is 11.0. The summed E-state index contributed by atoms with van der Waals surface area (Å²) in [5.74, 6) is 1.04. The highest BCUT2D eigenvalue weighted by atomic mass is 35.5. The van der Waals surface area contributed by atoms with Crippen molar-refractivity contribution in [1.29, 1.82) is 0 Å². The monoisotopic (exact) mass is 520 g/mol. The zero-order valence-corrected chi connectivity index (χ0v) is 20.8. The molecular formula is C22H25ClN6O5S. The van der Waals surface area contributed by atoms with Crippen LogP contribution in [0.25, 0.3) is 0 Å². The third kappa shape index (κ3) is 7.36. The Balaban J connectivity index is 1.91. The minimum atomic E-state index is -3.56. The fourth-order valence-electron chi connectivity index (χ4n) is 3.08. The number of amides is 1. The van der Waals surface area contributed by atoms with Crippen molar-refractivity contribution in [3.8, 4) is 11.5 Å². The number of aryl methyl sites for hydroxylation is 1. The SMILES string of the molecule is COc1ccc(Nc2nc(Nc3cc(CCC(N)=O)ccc3OC)ncc2Cl)c(NS(C)(=O)=O)c1. The summed E-state index contributed by atoms with van der Waals surface area (Å²) in [5, 5.41) is 6.32. The fraction of sp³-hybridized carbons (Fsp3) is 0.227. The smallest absolute Gasteiger partial charge is 0.229 e. The molecule has 1 aromatic heterocycles. The van der Waals surface area contributed by atoms with Gasteiger partial charge in [-0.1, -0.05) is 17.7 Å². The number of aromatic nitrogens is 2. The first-order valence-corrected chi connectivity index (χ1v) is 12.5. The minimum Gasteiger partial charge on any atom is -0.497 e. The van der Waals surface area contributed by atoms with Gasteiger partial charge in [-0.3, -0.25) is 9.52 Å². The first-order valence-electron chi connectivity index (χ1n) is 10.3. The summed E-state index contributed by atoms with van der Waals surface area (Å²) in [4.78, 5) is 19.8. The van der Waals surface area contributed by atoms with E-state index in [1.54, 1.807) is 18.2 Å². The second-order valence-corrected chi connectivity index (χ2v) is 9.58. The van der Waals surface area contributed by atoms with Crippen LogP contribution in [-0.2, 0) is 21.2 Å². The molecule has 0 aliphatic heterocycles. The van der Waals surface area contributed by atoms with Crippen LogP contribution in [0.1, 0.15) is 12.0 Å². The number of sulfonamides is 1. The molecule has 5 N–H and O–H groups in total. The van der Waals surface area contributed by atoms with Crippen LogP contribution < -0.4 is 30.6 Å². The number of anilines is 5. The van der Waals surface area contributed by atoms with E-state index in [0.29, 0.717) is 29.3 Å². The van der Waals surface area contributed by atoms with Crippen LogP contribution in [0.3, 0.4) is 0 Å². The highest BCUT2D eigenvalue weighted by Gasteiger charge is 2.14. The third-order valence-corrected chi connectivity index (χ3v) is 5.56. The van der Waals surface area contributed by atoms with Gasteiger partial charge in [0.1, 0.15) is 16.5 Å². The van der Waals surface area contributed by atoms with Crippen molar-refractivity contribution in [2.45, 2.75) is 12.8 Å². The number of nitrogens with zero attached hydrogens (tertiary/aromatic N) is 2. The van der Waals surface area contributed by atoms with E-state index < -0.39 is 15.9 Å². The summed E-state index contributed by atoms with van der Waals surface area (Å²) in [6.45, 7) is 0. The Labute approximate surface area is 208 Å². The van der Waals surface area contributed by atoms with E-state index in [1.807, 2.05) is 12.1 Å². The van der Waals surface area contributed by atoms with Crippen LogP contribution in [0, 0.1) is 0 Å². The summed E-state index contributed by atoms with van der Waals surface area (Å²) in [6, 6.07) is 10.2. The van der Waals surface area contributed by atoms with E-state index >= 15 is 0 Å². The highest BCUT2D eigenvalue weighted by Crippen LogP contribution is 2.33. The van der Waals surface area contributed by atoms with Crippen molar-refractivity contribution in [2.75, 3.05) is 35.8 Å². The zero-order valence-electron chi connectivity index (χ0n) is 19.3. The van der Waals surface area contributed by atoms with Crippen LogP contribution in [0.2, 0.25) is 5.02 Å². The maximum absolute atomic E-state index is 11.8. The molecule has 0 spiro atoms. The van der Waals surface area contributed by atoms with E-state index in [2.05, 4.69) is 25.3 Å². The van der Waals surface area contributed by atoms with Gasteiger partial charge in [0.15, 0.2) is 5.82 Å². The summed E-state index contributed by atoms with van der Waals surface area (Å²) in [6.07, 6.45) is 3.12. The molecule has 0 saturated heterocycles. The van der Waals surface area contributed by atoms with Crippen LogP contribution >= 0.6 is 11.6 Å². The van der Waals surface area contributed by atoms with Crippen molar-refractivity contribution in [3.63, 3.8) is 0 Å². The first-order chi connectivity index (χ1) is 16.6. The van der Waals surface area contributed by atoms with Crippen molar-refractivity contribution >= 4 is 56.4 Å². The number of rotatable bonds is 11. The number of nitrogens with one attached hydrogen (secondary N) is 3. The summed E-state index contributed by atoms with van der Waals surface area (Å²) < 4.78 is 36.7. The van der Waals surface area contributed by atoms with Gasteiger partial charge in [0.2, 0.25) is 21.9 Å². The Hall–Kier alpha value is -3.77. The highest BCUT2D eigenvalue weighted by molar-refractivity contribution is 7.92. The second-order valence-electron chi connectivity index (χ2n) is 7.43. The van der Waals surface area contributed by atoms with Gasteiger partial charge in [-0.25, -0.2) is 13.4 Å². The van der Waals surface area contributed by atoms with Gasteiger partial charge in [-0.2, -0.15) is 4.98 Å². The first kappa shape index (κ1) is 25.8. The molecule has 35 heavy (non-hydrogen) atoms. The van der Waals surface area contributed by atoms with E-state index in [4.69, 9.17) is 26.8 Å². The van der Waals surface area contributed by atoms with Crippen molar-refractivity contribution in [1.82, 2.24) is 9.97 Å². The molecule has 1 amide bonds. The third-order valence-electron chi connectivity index (χ3n) is 4.69. The van der Waals surface area contributed by atoms with E-state index in [-0.39, 0.29) is 28.9 Å². The predicted molar refractivity (Wildman–Crippen MR) is 136 cm³/mol. The molecule has 2 aromatic carbocycles. The van der Waals surface area contributed by atoms with Crippen LogP contribution in [0.5, 0.6) is 11.5 Å². The van der Waals surface area contributed by atoms with E-state index in [0.717, 1.165) is 11.8 Å². The van der Waals surface area contributed by atoms with Gasteiger partial charge in [-0.05, 0) is 36.2 Å². The minimum absolute atomic E-state index is 0.202. The molecule has 0 atom stereocenters. The molecule has 11 nitrogen and oxygen atoms in total. The van der Waals surface area contributed by atoms with E-state index in [1.165, 1.54) is 26.5 Å². The molecule has 0 bridgehead atoms. The number of nitrogens with two attached hydrogens (primary N) is 1. The number of benzene rings is 2. The number of carbonyl (C=O) groups is 1. The number of primary amides is 1. The fourth-order valence-corrected chi connectivity index (χ4v) is 3.79. The molecule has 0 aliphatic rings. The van der Waals surface area contributed by atoms with Crippen LogP contribution in [-0.4, -0.2) is 44.8 Å². The topological polar surface area (TPSA) is 158 Å². The Morgan fingerprint density at radius 2 is 1.83 bits per heavy atom. The summed E-state index contributed by atoms with van der Waals surface area (Å²) >= 11 is 6.30. The largest absolute Gasteiger partial charge is 0.497 e. The molecule has 3 aromatic rings. The van der Waals surface area contributed by atoms with Crippen LogP contribution in [0.4, 0.5) is 28.8 Å². The molecular weight excluding hydrogens is 496 g/mol. The number of methoxy groups -OCH3 is 2. The van der Waals surface area contributed by atoms with Crippen molar-refractivity contribution < 1.29 is 22.7 Å². The lowest BCUT2D eigenvalue weighted by atomic mass is 10.1. The molecule has 0 radical (unpaired) electrons. The lowest BCUT2D eigenvalue weighted by Crippen LogP contribution is -2.12. The average molecular weight is 521 g/mol. The Morgan fingerprint density at radius 1 is 1.06 bits per heavy atom. The molecule has 1 heterocycles. The molecule has 3 rings (SSSR count). The lowest BCUT2D eigenvalue weighted by Gasteiger charge is -2.16. The van der Waals surface area contributed by atoms with Gasteiger partial charge < -0.3 is 25.8 Å². The maximum atomic E-state index is 11.8. The number of ether oxygens (including phenoxy) is 2. The zero-order chi connectivity index (χ0) is 25.6. The predicted octanol–water partition coefficient (Wildman–Crippen LogP) is 3.42. The maximum Gasteiger partial charge on any atom is 0.229 e. The number of hydrogen-bond acceptors (Lipinski definition) is 9. The standard InChI is InChI=1S/C22H25ClN6O5S/c1-33-14-6-7-16(17(11-14)29-35(3,31)32)26-21-15(23)12-25-22(28-21)27-18-10-13(5-9-20(24)30)4-8-19(18)34-2/h4,6-8,10-12,29H,5,9H2,1-3H3,(H2,24,30)(H2,25,26,27,28). The van der Waals surface area contributed by atoms with Gasteiger partial charge in [0.05, 0.1) is 43.7 Å². The van der Waals surface area contributed by atoms with Gasteiger partial charge in [0.25, 0.3) is 0 Å². The van der Waals surface area contributed by atoms with Gasteiger partial charge >= 0.3 is 0 Å². The Morgan fingerprint density at radius 3 is 2.49 bits per heavy atom. The average Bonchev–Trinajstić information content (AvgIpc) is 2.80. The molecule has 0 aliphatic carbocycles. The van der Waals surface area contributed by atoms with Crippen LogP contribution in [0.15, 0.2) is 42.6 Å². The van der Waals surface area contributed by atoms with E-state index in [9.17, 15) is 13.2 Å². The molecule has 0 unspecified atom stereocenters. The molecule has 13 heteroatoms. The van der Waals surface area contributed by atoms with Crippen molar-refractivity contribution in [3.05, 3.63) is 53.2 Å². The Kier molecular flexibility index (Phi) is 8.20. The Bertz CT molecular complexity index is 1340. The van der Waals surface area contributed by atoms with Crippen molar-refractivity contribution in [2.24, 2.45) is 5.73 Å². The number of halogens is 1.